The Bertz CT molecular complexity index is 1290. The second-order valence-electron chi connectivity index (χ2n) is 20.9. The monoisotopic (exact) mass is 1020 g/mol. The zero-order valence-electron chi connectivity index (χ0n) is 45.1. The van der Waals surface area contributed by atoms with Crippen LogP contribution in [0.2, 0.25) is 0 Å². The van der Waals surface area contributed by atoms with Gasteiger partial charge in [-0.15, -0.1) is 0 Å². The van der Waals surface area contributed by atoms with Gasteiger partial charge in [-0.1, -0.05) is 257 Å². The van der Waals surface area contributed by atoms with Crippen molar-refractivity contribution in [1.29, 1.82) is 0 Å². The van der Waals surface area contributed by atoms with Crippen LogP contribution in [-0.2, 0) is 28.9 Å². The number of nitrogens with one attached hydrogen (secondary N) is 1. The zero-order valence-corrected chi connectivity index (χ0v) is 45.9. The van der Waals surface area contributed by atoms with E-state index in [1.54, 1.807) is 0 Å². The number of rotatable bonds is 52. The topological polar surface area (TPSA) is 192 Å². The van der Waals surface area contributed by atoms with Gasteiger partial charge < -0.3 is 35.2 Å². The number of carbonyl (C=O) groups is 1. The second-order valence-corrected chi connectivity index (χ2v) is 22.0. The summed E-state index contributed by atoms with van der Waals surface area (Å²) in [5.41, 5.74) is 0. The zero-order chi connectivity index (χ0) is 51.2. The van der Waals surface area contributed by atoms with E-state index in [0.29, 0.717) is 12.8 Å². The van der Waals surface area contributed by atoms with Crippen molar-refractivity contribution < 1.29 is 51.8 Å². The minimum atomic E-state index is -5.07. The lowest BCUT2D eigenvalue weighted by Gasteiger charge is -2.41. The summed E-state index contributed by atoms with van der Waals surface area (Å²) in [6.45, 7) is 3.46. The van der Waals surface area contributed by atoms with Crippen LogP contribution in [0, 0.1) is 0 Å². The van der Waals surface area contributed by atoms with Gasteiger partial charge in [-0.25, -0.2) is 4.18 Å². The molecule has 0 aliphatic carbocycles. The van der Waals surface area contributed by atoms with Gasteiger partial charge in [0.25, 0.3) is 0 Å². The SMILES string of the molecule is CCCCCCCCCCCCCC/C=C\CCCCCCCCCCCCCCCCCCCC(=O)NC(COC1OC(CO)C(O)C(OS(=O)(=O)O)C1O)C(O)CCCCCCCCCCCC. The molecule has 0 bridgehead atoms. The highest BCUT2D eigenvalue weighted by atomic mass is 32.3. The van der Waals surface area contributed by atoms with Crippen LogP contribution in [-0.4, -0.2) is 95.4 Å². The maximum Gasteiger partial charge on any atom is 0.397 e. The smallest absolute Gasteiger partial charge is 0.394 e. The van der Waals surface area contributed by atoms with Crippen LogP contribution < -0.4 is 5.32 Å². The molecule has 1 aliphatic heterocycles. The predicted octanol–water partition coefficient (Wildman–Crippen LogP) is 13.8. The average molecular weight is 1020 g/mol. The molecule has 1 aliphatic rings. The molecule has 0 spiro atoms. The molecule has 1 rings (SSSR count). The molecule has 0 aromatic rings. The maximum absolute atomic E-state index is 13.1. The minimum Gasteiger partial charge on any atom is -0.394 e. The van der Waals surface area contributed by atoms with E-state index in [9.17, 15) is 38.2 Å². The van der Waals surface area contributed by atoms with Gasteiger partial charge in [-0.3, -0.25) is 9.35 Å². The van der Waals surface area contributed by atoms with Gasteiger partial charge in [0.1, 0.15) is 24.4 Å². The molecular formula is C57H111NO11S. The van der Waals surface area contributed by atoms with E-state index >= 15 is 0 Å². The summed E-state index contributed by atoms with van der Waals surface area (Å²) < 4.78 is 47.7. The Morgan fingerprint density at radius 1 is 0.557 bits per heavy atom. The Morgan fingerprint density at radius 2 is 0.914 bits per heavy atom. The van der Waals surface area contributed by atoms with Crippen LogP contribution in [0.3, 0.4) is 0 Å². The van der Waals surface area contributed by atoms with Crippen LogP contribution in [0.5, 0.6) is 0 Å². The molecule has 12 nitrogen and oxygen atoms in total. The highest BCUT2D eigenvalue weighted by Gasteiger charge is 2.48. The number of hydrogen-bond donors (Lipinski definition) is 6. The third-order valence-electron chi connectivity index (χ3n) is 14.3. The number of amides is 1. The van der Waals surface area contributed by atoms with Crippen molar-refractivity contribution in [1.82, 2.24) is 5.32 Å². The van der Waals surface area contributed by atoms with Crippen molar-refractivity contribution in [3.63, 3.8) is 0 Å². The van der Waals surface area contributed by atoms with E-state index in [0.717, 1.165) is 51.4 Å². The van der Waals surface area contributed by atoms with Crippen LogP contribution in [0.15, 0.2) is 12.2 Å². The third kappa shape index (κ3) is 39.3. The molecule has 70 heavy (non-hydrogen) atoms. The lowest BCUT2D eigenvalue weighted by atomic mass is 9.99. The van der Waals surface area contributed by atoms with Crippen molar-refractivity contribution in [3.05, 3.63) is 12.2 Å². The van der Waals surface area contributed by atoms with Gasteiger partial charge in [0.2, 0.25) is 5.91 Å². The molecule has 1 fully saturated rings. The van der Waals surface area contributed by atoms with Crippen molar-refractivity contribution in [3.8, 4) is 0 Å². The molecule has 7 atom stereocenters. The van der Waals surface area contributed by atoms with E-state index in [2.05, 4.69) is 35.5 Å². The van der Waals surface area contributed by atoms with Crippen LogP contribution in [0.1, 0.15) is 290 Å². The summed E-state index contributed by atoms with van der Waals surface area (Å²) in [6.07, 6.45) is 48.3. The summed E-state index contributed by atoms with van der Waals surface area (Å²) in [5, 5.41) is 44.9. The Kier molecular flexibility index (Phi) is 45.4. The highest BCUT2D eigenvalue weighted by Crippen LogP contribution is 2.26. The number of aliphatic hydroxyl groups excluding tert-OH is 4. The second kappa shape index (κ2) is 47.5. The number of allylic oxidation sites excluding steroid dienone is 2. The van der Waals surface area contributed by atoms with Crippen molar-refractivity contribution in [2.24, 2.45) is 0 Å². The quantitative estimate of drug-likeness (QED) is 0.0193. The van der Waals surface area contributed by atoms with Crippen LogP contribution in [0.25, 0.3) is 0 Å². The Balaban J connectivity index is 2.16. The molecule has 13 heteroatoms. The number of ether oxygens (including phenoxy) is 2. The first-order valence-corrected chi connectivity index (χ1v) is 30.9. The third-order valence-corrected chi connectivity index (χ3v) is 14.8. The van der Waals surface area contributed by atoms with Crippen molar-refractivity contribution >= 4 is 16.3 Å². The lowest BCUT2D eigenvalue weighted by molar-refractivity contribution is -0.298. The molecule has 416 valence electrons. The molecule has 0 radical (unpaired) electrons. The Hall–Kier alpha value is -1.16. The summed E-state index contributed by atoms with van der Waals surface area (Å²) in [6, 6.07) is -0.853. The number of aliphatic hydroxyl groups is 4. The lowest BCUT2D eigenvalue weighted by Crippen LogP contribution is -2.61. The largest absolute Gasteiger partial charge is 0.397 e. The first kappa shape index (κ1) is 66.9. The van der Waals surface area contributed by atoms with Crippen molar-refractivity contribution in [2.75, 3.05) is 13.2 Å². The molecule has 0 aromatic heterocycles. The number of unbranched alkanes of at least 4 members (excludes halogenated alkanes) is 38. The predicted molar refractivity (Wildman–Crippen MR) is 287 cm³/mol. The van der Waals surface area contributed by atoms with E-state index < -0.39 is 59.9 Å². The number of carbonyl (C=O) groups excluding carboxylic acids is 1. The molecule has 0 saturated carbocycles. The molecule has 1 saturated heterocycles. The van der Waals surface area contributed by atoms with Gasteiger partial charge >= 0.3 is 10.4 Å². The molecule has 1 heterocycles. The maximum atomic E-state index is 13.1. The standard InChI is InChI=1S/C57H111NO11S/c1-3-5-7-9-11-13-15-16-17-18-19-20-21-22-23-24-25-26-27-28-29-30-31-32-33-34-35-36-37-39-41-43-45-47-53(61)58-50(51(60)46-44-42-40-38-14-12-10-8-6-4-2)49-67-57-55(63)56(69-70(64,65)66)54(62)52(48-59)68-57/h22-23,50-52,54-57,59-60,62-63H,3-21,24-49H2,1-2H3,(H,58,61)(H,64,65,66)/b23-22-. The molecule has 1 amide bonds. The van der Waals surface area contributed by atoms with E-state index in [1.807, 2.05) is 0 Å². The first-order valence-electron chi connectivity index (χ1n) is 29.6. The summed E-state index contributed by atoms with van der Waals surface area (Å²) in [5.74, 6) is -0.226. The first-order chi connectivity index (χ1) is 34.0. The van der Waals surface area contributed by atoms with E-state index in [4.69, 9.17) is 9.47 Å². The Labute approximate surface area is 430 Å². The van der Waals surface area contributed by atoms with Gasteiger partial charge in [0.15, 0.2) is 6.29 Å². The fourth-order valence-corrected chi connectivity index (χ4v) is 10.3. The molecule has 0 aromatic carbocycles. The summed E-state index contributed by atoms with van der Waals surface area (Å²) in [7, 11) is -5.07. The fraction of sp³-hybridized carbons (Fsp3) is 0.947. The average Bonchev–Trinajstić information content (AvgIpc) is 3.33. The van der Waals surface area contributed by atoms with Crippen LogP contribution >= 0.6 is 0 Å². The summed E-state index contributed by atoms with van der Waals surface area (Å²) >= 11 is 0. The van der Waals surface area contributed by atoms with E-state index in [1.165, 1.54) is 212 Å². The molecular weight excluding hydrogens is 907 g/mol. The normalized spacial score (nSPS) is 19.6. The highest BCUT2D eigenvalue weighted by molar-refractivity contribution is 7.80. The molecule has 6 N–H and O–H groups in total. The van der Waals surface area contributed by atoms with Crippen molar-refractivity contribution in [2.45, 2.75) is 333 Å². The van der Waals surface area contributed by atoms with Gasteiger partial charge in [0, 0.05) is 6.42 Å². The van der Waals surface area contributed by atoms with Crippen LogP contribution in [0.4, 0.5) is 0 Å². The van der Waals surface area contributed by atoms with Gasteiger partial charge in [-0.2, -0.15) is 8.42 Å². The minimum absolute atomic E-state index is 0.226. The van der Waals surface area contributed by atoms with E-state index in [-0.39, 0.29) is 12.5 Å². The summed E-state index contributed by atoms with van der Waals surface area (Å²) in [4.78, 5) is 13.1. The van der Waals surface area contributed by atoms with Gasteiger partial charge in [0.05, 0.1) is 25.4 Å². The fourth-order valence-electron chi connectivity index (χ4n) is 9.75. The Morgan fingerprint density at radius 3 is 1.29 bits per heavy atom. The number of hydrogen-bond acceptors (Lipinski definition) is 10. The molecule has 7 unspecified atom stereocenters. The van der Waals surface area contributed by atoms with Gasteiger partial charge in [-0.05, 0) is 38.5 Å².